The molecule has 0 bridgehead atoms. The van der Waals surface area contributed by atoms with Crippen LogP contribution in [0.15, 0.2) is 65.9 Å². The molecule has 1 heteroatoms. The van der Waals surface area contributed by atoms with Crippen LogP contribution in [0.25, 0.3) is 0 Å². The van der Waals surface area contributed by atoms with Crippen LogP contribution in [-0.2, 0) is 0 Å². The van der Waals surface area contributed by atoms with Gasteiger partial charge < -0.3 is 0 Å². The predicted octanol–water partition coefficient (Wildman–Crippen LogP) is 4.23. The molecule has 0 aromatic rings. The van der Waals surface area contributed by atoms with Crippen LogP contribution in [-0.4, -0.2) is 5.71 Å². The third kappa shape index (κ3) is 4.96. The van der Waals surface area contributed by atoms with Crippen molar-refractivity contribution in [3.63, 3.8) is 0 Å². The molecular formula is C14H19N. The van der Waals surface area contributed by atoms with E-state index in [9.17, 15) is 0 Å². The molecule has 0 amide bonds. The summed E-state index contributed by atoms with van der Waals surface area (Å²) in [7, 11) is 0. The zero-order chi connectivity index (χ0) is 11.8. The minimum Gasteiger partial charge on any atom is -0.249 e. The first-order chi connectivity index (χ1) is 7.02. The highest BCUT2D eigenvalue weighted by atomic mass is 14.8. The van der Waals surface area contributed by atoms with Crippen molar-refractivity contribution in [3.05, 3.63) is 60.9 Å². The van der Waals surface area contributed by atoms with Gasteiger partial charge in [0, 0.05) is 0 Å². The summed E-state index contributed by atoms with van der Waals surface area (Å²) in [5, 5.41) is 0. The summed E-state index contributed by atoms with van der Waals surface area (Å²) in [6.07, 6.45) is 7.52. The quantitative estimate of drug-likeness (QED) is 0.466. The van der Waals surface area contributed by atoms with Crippen molar-refractivity contribution in [1.29, 1.82) is 0 Å². The second-order valence-corrected chi connectivity index (χ2v) is 3.34. The minimum absolute atomic E-state index is 0.800. The van der Waals surface area contributed by atoms with Gasteiger partial charge in [0.1, 0.15) is 0 Å². The number of hydrogen-bond acceptors (Lipinski definition) is 1. The Morgan fingerprint density at radius 2 is 1.73 bits per heavy atom. The number of hydrogen-bond donors (Lipinski definition) is 0. The van der Waals surface area contributed by atoms with Crippen molar-refractivity contribution in [2.75, 3.05) is 0 Å². The molecule has 0 aliphatic carbocycles. The van der Waals surface area contributed by atoms with E-state index in [4.69, 9.17) is 0 Å². The highest BCUT2D eigenvalue weighted by molar-refractivity contribution is 6.07. The Kier molecular flexibility index (Phi) is 6.03. The predicted molar refractivity (Wildman–Crippen MR) is 70.2 cm³/mol. The molecule has 0 saturated heterocycles. The van der Waals surface area contributed by atoms with Crippen molar-refractivity contribution in [2.45, 2.75) is 20.8 Å². The lowest BCUT2D eigenvalue weighted by Gasteiger charge is -2.03. The van der Waals surface area contributed by atoms with Gasteiger partial charge in [0.2, 0.25) is 0 Å². The van der Waals surface area contributed by atoms with E-state index < -0.39 is 0 Å². The number of nitrogens with zero attached hydrogens (tertiary/aromatic N) is 1. The number of rotatable bonds is 5. The van der Waals surface area contributed by atoms with Crippen molar-refractivity contribution < 1.29 is 0 Å². The van der Waals surface area contributed by atoms with Gasteiger partial charge in [-0.2, -0.15) is 0 Å². The molecule has 0 aromatic carbocycles. The van der Waals surface area contributed by atoms with E-state index in [1.54, 1.807) is 6.08 Å². The number of aliphatic imine (C=N–C) groups is 1. The summed E-state index contributed by atoms with van der Waals surface area (Å²) in [6.45, 7) is 17.2. The van der Waals surface area contributed by atoms with Gasteiger partial charge >= 0.3 is 0 Å². The summed E-state index contributed by atoms with van der Waals surface area (Å²) in [4.78, 5) is 4.44. The van der Waals surface area contributed by atoms with Gasteiger partial charge in [0.15, 0.2) is 0 Å². The van der Waals surface area contributed by atoms with E-state index in [-0.39, 0.29) is 0 Å². The third-order valence-corrected chi connectivity index (χ3v) is 1.76. The highest BCUT2D eigenvalue weighted by Gasteiger charge is 1.98. The van der Waals surface area contributed by atoms with Gasteiger partial charge in [-0.15, -0.1) is 0 Å². The molecule has 0 fully saturated rings. The van der Waals surface area contributed by atoms with Crippen LogP contribution in [0.1, 0.15) is 20.8 Å². The van der Waals surface area contributed by atoms with E-state index in [0.717, 1.165) is 22.6 Å². The van der Waals surface area contributed by atoms with E-state index in [1.807, 2.05) is 39.0 Å². The molecule has 0 saturated carbocycles. The third-order valence-electron chi connectivity index (χ3n) is 1.76. The summed E-state index contributed by atoms with van der Waals surface area (Å²) < 4.78 is 0. The highest BCUT2D eigenvalue weighted by Crippen LogP contribution is 2.11. The molecule has 0 heterocycles. The van der Waals surface area contributed by atoms with Crippen LogP contribution in [0, 0.1) is 0 Å². The molecule has 0 unspecified atom stereocenters. The maximum Gasteiger partial charge on any atom is 0.0660 e. The fourth-order valence-corrected chi connectivity index (χ4v) is 0.907. The molecule has 0 aliphatic heterocycles. The Morgan fingerprint density at radius 1 is 1.13 bits per heavy atom. The van der Waals surface area contributed by atoms with Gasteiger partial charge in [-0.3, -0.25) is 0 Å². The largest absolute Gasteiger partial charge is 0.249 e. The molecule has 15 heavy (non-hydrogen) atoms. The normalized spacial score (nSPS) is 13.0. The van der Waals surface area contributed by atoms with E-state index in [1.165, 1.54) is 0 Å². The first-order valence-corrected chi connectivity index (χ1v) is 4.88. The standard InChI is InChI=1S/C14H19N/c1-7-9-10-14(12(5)6)15-13(8-2)11(3)4/h7-10H,2-3,5H2,1,4,6H3/b9-7-,14-10+,15-13?. The van der Waals surface area contributed by atoms with Crippen molar-refractivity contribution in [3.8, 4) is 0 Å². The molecule has 0 N–H and O–H groups in total. The smallest absolute Gasteiger partial charge is 0.0660 e. The SMILES string of the molecule is C=CC(=N/C(=C/C=C\C)C(=C)C)C(=C)C. The minimum atomic E-state index is 0.800. The lowest BCUT2D eigenvalue weighted by molar-refractivity contribution is 1.29. The molecule has 80 valence electrons. The van der Waals surface area contributed by atoms with E-state index >= 15 is 0 Å². The summed E-state index contributed by atoms with van der Waals surface area (Å²) in [5.74, 6) is 0. The van der Waals surface area contributed by atoms with Crippen LogP contribution in [0.3, 0.4) is 0 Å². The van der Waals surface area contributed by atoms with Crippen molar-refractivity contribution >= 4 is 5.71 Å². The molecular weight excluding hydrogens is 182 g/mol. The maximum absolute atomic E-state index is 4.44. The first-order valence-electron chi connectivity index (χ1n) is 4.88. The Bertz CT molecular complexity index is 352. The maximum atomic E-state index is 4.44. The van der Waals surface area contributed by atoms with Gasteiger partial charge in [-0.25, -0.2) is 4.99 Å². The second-order valence-electron chi connectivity index (χ2n) is 3.34. The Labute approximate surface area is 92.9 Å². The van der Waals surface area contributed by atoms with Crippen LogP contribution in [0.5, 0.6) is 0 Å². The lowest BCUT2D eigenvalue weighted by Crippen LogP contribution is -1.95. The van der Waals surface area contributed by atoms with Crippen LogP contribution in [0.4, 0.5) is 0 Å². The lowest BCUT2D eigenvalue weighted by atomic mass is 10.2. The Morgan fingerprint density at radius 3 is 2.07 bits per heavy atom. The van der Waals surface area contributed by atoms with Gasteiger partial charge in [-0.1, -0.05) is 31.9 Å². The number of allylic oxidation sites excluding steroid dienone is 6. The monoisotopic (exact) mass is 201 g/mol. The van der Waals surface area contributed by atoms with Gasteiger partial charge in [0.05, 0.1) is 11.4 Å². The van der Waals surface area contributed by atoms with Crippen LogP contribution >= 0.6 is 0 Å². The average molecular weight is 201 g/mol. The average Bonchev–Trinajstić information content (AvgIpc) is 2.17. The molecule has 0 spiro atoms. The van der Waals surface area contributed by atoms with Crippen LogP contribution < -0.4 is 0 Å². The Balaban J connectivity index is 5.20. The molecule has 0 aromatic heterocycles. The Hall–Kier alpha value is -1.63. The first kappa shape index (κ1) is 13.4. The van der Waals surface area contributed by atoms with E-state index in [0.29, 0.717) is 0 Å². The zero-order valence-corrected chi connectivity index (χ0v) is 9.88. The summed E-state index contributed by atoms with van der Waals surface area (Å²) >= 11 is 0. The fraction of sp³-hybridized carbons (Fsp3) is 0.214. The van der Waals surface area contributed by atoms with Gasteiger partial charge in [-0.05, 0) is 44.1 Å². The fourth-order valence-electron chi connectivity index (χ4n) is 0.907. The summed E-state index contributed by atoms with van der Waals surface area (Å²) in [6, 6.07) is 0. The molecule has 1 nitrogen and oxygen atoms in total. The van der Waals surface area contributed by atoms with E-state index in [2.05, 4.69) is 24.7 Å². The zero-order valence-electron chi connectivity index (χ0n) is 9.88. The second kappa shape index (κ2) is 6.77. The summed E-state index contributed by atoms with van der Waals surface area (Å²) in [5.41, 5.74) is 3.48. The topological polar surface area (TPSA) is 12.4 Å². The van der Waals surface area contributed by atoms with Crippen LogP contribution in [0.2, 0.25) is 0 Å². The van der Waals surface area contributed by atoms with Crippen molar-refractivity contribution in [2.24, 2.45) is 4.99 Å². The van der Waals surface area contributed by atoms with Crippen molar-refractivity contribution in [1.82, 2.24) is 0 Å². The molecule has 0 atom stereocenters. The molecule has 0 radical (unpaired) electrons. The molecule has 0 rings (SSSR count). The molecule has 0 aliphatic rings. The van der Waals surface area contributed by atoms with Gasteiger partial charge in [0.25, 0.3) is 0 Å².